The summed E-state index contributed by atoms with van der Waals surface area (Å²) in [4.78, 5) is 4.91. The summed E-state index contributed by atoms with van der Waals surface area (Å²) in [5.74, 6) is 0. The van der Waals surface area contributed by atoms with Gasteiger partial charge in [-0.2, -0.15) is 0 Å². The minimum absolute atomic E-state index is 0.702. The van der Waals surface area contributed by atoms with Crippen molar-refractivity contribution in [1.82, 2.24) is 9.80 Å². The quantitative estimate of drug-likeness (QED) is 0.574. The highest BCUT2D eigenvalue weighted by Crippen LogP contribution is 2.24. The average molecular weight is 155 g/mol. The number of nitrogens with two attached hydrogens (primary N) is 1. The minimum atomic E-state index is 0.702. The third-order valence-electron chi connectivity index (χ3n) is 2.98. The summed E-state index contributed by atoms with van der Waals surface area (Å²) in [6.45, 7) is 4.62. The molecule has 2 aliphatic rings. The maximum Gasteiger partial charge on any atom is 0.0353 e. The second-order valence-electron chi connectivity index (χ2n) is 3.79. The van der Waals surface area contributed by atoms with Crippen LogP contribution in [0.4, 0.5) is 0 Å². The van der Waals surface area contributed by atoms with Gasteiger partial charge in [0.25, 0.3) is 0 Å². The lowest BCUT2D eigenvalue weighted by Gasteiger charge is -2.52. The monoisotopic (exact) mass is 155 g/mol. The van der Waals surface area contributed by atoms with E-state index in [1.54, 1.807) is 0 Å². The molecule has 64 valence electrons. The Bertz CT molecular complexity index is 140. The molecule has 2 fully saturated rings. The number of hydrogen-bond donors (Lipinski definition) is 1. The minimum Gasteiger partial charge on any atom is -0.329 e. The Balaban J connectivity index is 1.78. The average Bonchev–Trinajstić information content (AvgIpc) is 1.83. The van der Waals surface area contributed by atoms with E-state index in [9.17, 15) is 0 Å². The SMILES string of the molecule is CN1CC(N2CCC2CN)C1. The number of rotatable bonds is 2. The molecular formula is C8H17N3. The number of likely N-dealkylation sites (tertiary alicyclic amines) is 2. The molecular weight excluding hydrogens is 138 g/mol. The van der Waals surface area contributed by atoms with Gasteiger partial charge in [0.15, 0.2) is 0 Å². The van der Waals surface area contributed by atoms with E-state index in [2.05, 4.69) is 16.8 Å². The Morgan fingerprint density at radius 2 is 2.18 bits per heavy atom. The van der Waals surface area contributed by atoms with Crippen molar-refractivity contribution in [2.45, 2.75) is 18.5 Å². The zero-order valence-corrected chi connectivity index (χ0v) is 7.16. The molecule has 0 saturated carbocycles. The Morgan fingerprint density at radius 3 is 2.55 bits per heavy atom. The van der Waals surface area contributed by atoms with Gasteiger partial charge in [0.2, 0.25) is 0 Å². The molecule has 2 heterocycles. The van der Waals surface area contributed by atoms with Crippen molar-refractivity contribution < 1.29 is 0 Å². The zero-order valence-electron chi connectivity index (χ0n) is 7.16. The Labute approximate surface area is 68.1 Å². The molecule has 0 bridgehead atoms. The first-order valence-electron chi connectivity index (χ1n) is 4.45. The van der Waals surface area contributed by atoms with E-state index in [-0.39, 0.29) is 0 Å². The topological polar surface area (TPSA) is 32.5 Å². The van der Waals surface area contributed by atoms with Gasteiger partial charge in [-0.1, -0.05) is 0 Å². The van der Waals surface area contributed by atoms with Gasteiger partial charge in [-0.25, -0.2) is 0 Å². The molecule has 3 heteroatoms. The molecule has 0 aromatic carbocycles. The van der Waals surface area contributed by atoms with Crippen LogP contribution in [0.1, 0.15) is 6.42 Å². The van der Waals surface area contributed by atoms with Crippen LogP contribution in [-0.4, -0.2) is 55.1 Å². The fraction of sp³-hybridized carbons (Fsp3) is 1.00. The van der Waals surface area contributed by atoms with Crippen LogP contribution in [0, 0.1) is 0 Å². The first-order chi connectivity index (χ1) is 5.31. The van der Waals surface area contributed by atoms with Gasteiger partial charge >= 0.3 is 0 Å². The first kappa shape index (κ1) is 7.53. The highest BCUT2D eigenvalue weighted by molar-refractivity contribution is 4.95. The van der Waals surface area contributed by atoms with Crippen molar-refractivity contribution in [2.75, 3.05) is 33.2 Å². The molecule has 0 spiro atoms. The van der Waals surface area contributed by atoms with Gasteiger partial charge in [-0.05, 0) is 13.5 Å². The fourth-order valence-electron chi connectivity index (χ4n) is 2.07. The normalized spacial score (nSPS) is 34.9. The van der Waals surface area contributed by atoms with Gasteiger partial charge < -0.3 is 10.6 Å². The van der Waals surface area contributed by atoms with Gasteiger partial charge in [0.05, 0.1) is 0 Å². The van der Waals surface area contributed by atoms with Crippen LogP contribution >= 0.6 is 0 Å². The van der Waals surface area contributed by atoms with E-state index in [0.717, 1.165) is 12.6 Å². The van der Waals surface area contributed by atoms with Crippen LogP contribution in [0.25, 0.3) is 0 Å². The largest absolute Gasteiger partial charge is 0.329 e. The Kier molecular flexibility index (Phi) is 1.87. The van der Waals surface area contributed by atoms with Crippen molar-refractivity contribution in [3.8, 4) is 0 Å². The third-order valence-corrected chi connectivity index (χ3v) is 2.98. The summed E-state index contributed by atoms with van der Waals surface area (Å²) in [5.41, 5.74) is 5.62. The molecule has 2 saturated heterocycles. The number of nitrogens with zero attached hydrogens (tertiary/aromatic N) is 2. The number of likely N-dealkylation sites (N-methyl/N-ethyl adjacent to an activating group) is 1. The van der Waals surface area contributed by atoms with Gasteiger partial charge in [0.1, 0.15) is 0 Å². The van der Waals surface area contributed by atoms with E-state index in [1.165, 1.54) is 26.1 Å². The first-order valence-corrected chi connectivity index (χ1v) is 4.45. The van der Waals surface area contributed by atoms with E-state index in [1.807, 2.05) is 0 Å². The van der Waals surface area contributed by atoms with E-state index < -0.39 is 0 Å². The molecule has 0 aliphatic carbocycles. The van der Waals surface area contributed by atoms with Crippen molar-refractivity contribution in [1.29, 1.82) is 0 Å². The van der Waals surface area contributed by atoms with Crippen molar-refractivity contribution in [3.05, 3.63) is 0 Å². The Morgan fingerprint density at radius 1 is 1.45 bits per heavy atom. The predicted octanol–water partition coefficient (Wildman–Crippen LogP) is -0.667. The maximum absolute atomic E-state index is 5.62. The lowest BCUT2D eigenvalue weighted by molar-refractivity contribution is -0.0268. The van der Waals surface area contributed by atoms with Crippen molar-refractivity contribution >= 4 is 0 Å². The second kappa shape index (κ2) is 2.73. The van der Waals surface area contributed by atoms with Gasteiger partial charge in [0, 0.05) is 38.3 Å². The molecule has 3 nitrogen and oxygen atoms in total. The summed E-state index contributed by atoms with van der Waals surface area (Å²) in [5, 5.41) is 0. The predicted molar refractivity (Wildman–Crippen MR) is 45.5 cm³/mol. The molecule has 0 radical (unpaired) electrons. The summed E-state index contributed by atoms with van der Waals surface area (Å²) in [7, 11) is 2.17. The summed E-state index contributed by atoms with van der Waals surface area (Å²) in [6.07, 6.45) is 1.32. The van der Waals surface area contributed by atoms with Crippen LogP contribution in [0.15, 0.2) is 0 Å². The lowest BCUT2D eigenvalue weighted by Crippen LogP contribution is -2.66. The zero-order chi connectivity index (χ0) is 7.84. The van der Waals surface area contributed by atoms with Crippen LogP contribution in [0.3, 0.4) is 0 Å². The summed E-state index contributed by atoms with van der Waals surface area (Å²) < 4.78 is 0. The molecule has 2 aliphatic heterocycles. The standard InChI is InChI=1S/C8H17N3/c1-10-5-8(6-10)11-3-2-7(11)4-9/h7-8H,2-6,9H2,1H3. The highest BCUT2D eigenvalue weighted by Gasteiger charge is 2.37. The molecule has 1 atom stereocenters. The summed E-state index contributed by atoms with van der Waals surface area (Å²) >= 11 is 0. The molecule has 1 unspecified atom stereocenters. The van der Waals surface area contributed by atoms with E-state index in [4.69, 9.17) is 5.73 Å². The third kappa shape index (κ3) is 1.17. The molecule has 0 aromatic rings. The second-order valence-corrected chi connectivity index (χ2v) is 3.79. The smallest absolute Gasteiger partial charge is 0.0353 e. The molecule has 0 amide bonds. The summed E-state index contributed by atoms with van der Waals surface area (Å²) in [6, 6.07) is 1.52. The number of hydrogen-bond acceptors (Lipinski definition) is 3. The highest BCUT2D eigenvalue weighted by atomic mass is 15.3. The van der Waals surface area contributed by atoms with Crippen LogP contribution in [0.2, 0.25) is 0 Å². The van der Waals surface area contributed by atoms with Crippen LogP contribution in [0.5, 0.6) is 0 Å². The van der Waals surface area contributed by atoms with Gasteiger partial charge in [-0.15, -0.1) is 0 Å². The van der Waals surface area contributed by atoms with E-state index in [0.29, 0.717) is 6.04 Å². The van der Waals surface area contributed by atoms with Crippen LogP contribution in [-0.2, 0) is 0 Å². The maximum atomic E-state index is 5.62. The Hall–Kier alpha value is -0.120. The van der Waals surface area contributed by atoms with E-state index >= 15 is 0 Å². The van der Waals surface area contributed by atoms with Crippen LogP contribution < -0.4 is 5.73 Å². The molecule has 2 N–H and O–H groups in total. The van der Waals surface area contributed by atoms with Crippen molar-refractivity contribution in [3.63, 3.8) is 0 Å². The molecule has 11 heavy (non-hydrogen) atoms. The lowest BCUT2D eigenvalue weighted by atomic mass is 9.96. The fourth-order valence-corrected chi connectivity index (χ4v) is 2.07. The van der Waals surface area contributed by atoms with Gasteiger partial charge in [-0.3, -0.25) is 4.90 Å². The molecule has 0 aromatic heterocycles. The van der Waals surface area contributed by atoms with Crippen molar-refractivity contribution in [2.24, 2.45) is 5.73 Å². The molecule has 2 rings (SSSR count).